The van der Waals surface area contributed by atoms with Crippen molar-refractivity contribution in [1.82, 2.24) is 0 Å². The fraction of sp³-hybridized carbons (Fsp3) is 0.462. The van der Waals surface area contributed by atoms with Gasteiger partial charge < -0.3 is 0 Å². The van der Waals surface area contributed by atoms with Gasteiger partial charge in [-0.2, -0.15) is 0 Å². The molecule has 0 spiro atoms. The summed E-state index contributed by atoms with van der Waals surface area (Å²) < 4.78 is 0. The highest BCUT2D eigenvalue weighted by molar-refractivity contribution is 6.92. The van der Waals surface area contributed by atoms with Crippen molar-refractivity contribution >= 4 is 65.0 Å². The molecular formula is C26H42O4Si4. The van der Waals surface area contributed by atoms with Gasteiger partial charge in [-0.3, -0.25) is 0 Å². The first-order chi connectivity index (χ1) is 15.2. The molecule has 8 heteroatoms. The van der Waals surface area contributed by atoms with Crippen LogP contribution in [0.5, 0.6) is 0 Å². The van der Waals surface area contributed by atoms with Gasteiger partial charge in [0.15, 0.2) is 0 Å². The fourth-order valence-corrected chi connectivity index (χ4v) is 9.56. The molecule has 0 heterocycles. The van der Waals surface area contributed by atoms with E-state index in [-0.39, 0.29) is 0 Å². The Morgan fingerprint density at radius 2 is 0.794 bits per heavy atom. The molecule has 0 N–H and O–H groups in total. The zero-order valence-electron chi connectivity index (χ0n) is 23.1. The minimum absolute atomic E-state index is 0.494. The van der Waals surface area contributed by atoms with Crippen LogP contribution >= 0.6 is 0 Å². The van der Waals surface area contributed by atoms with Gasteiger partial charge in [0.2, 0.25) is 0 Å². The molecule has 0 unspecified atom stereocenters. The Labute approximate surface area is 210 Å². The monoisotopic (exact) mass is 530 g/mol. The van der Waals surface area contributed by atoms with Crippen molar-refractivity contribution in [1.29, 1.82) is 0 Å². The molecule has 2 aromatic rings. The smallest absolute Gasteiger partial charge is 0.242 e. The molecule has 2 rings (SSSR count). The van der Waals surface area contributed by atoms with Gasteiger partial charge in [0.1, 0.15) is 0 Å². The Morgan fingerprint density at radius 3 is 1.03 bits per heavy atom. The van der Waals surface area contributed by atoms with Crippen LogP contribution in [0, 0.1) is 0 Å². The first-order valence-corrected chi connectivity index (χ1v) is 26.0. The summed E-state index contributed by atoms with van der Waals surface area (Å²) in [7, 11) is -6.74. The number of hydrogen-bond acceptors (Lipinski definition) is 4. The molecule has 0 atom stereocenters. The average Bonchev–Trinajstić information content (AvgIpc) is 2.68. The van der Waals surface area contributed by atoms with E-state index in [1.54, 1.807) is 0 Å². The topological polar surface area (TPSA) is 52.6 Å². The minimum Gasteiger partial charge on any atom is -0.242 e. The van der Waals surface area contributed by atoms with Crippen LogP contribution < -0.4 is 20.7 Å². The van der Waals surface area contributed by atoms with Gasteiger partial charge in [0, 0.05) is 0 Å². The SMILES string of the molecule is C[Si](C)(C)c1ccc(C(=O)OOC(=O)c2ccc([Si](C)(C)C)cc2[Si](C)(C)C)c([Si](C)(C)C)c1. The number of rotatable bonds is 6. The normalized spacial score (nSPS) is 12.9. The maximum absolute atomic E-state index is 13.0. The van der Waals surface area contributed by atoms with Gasteiger partial charge in [0.05, 0.1) is 43.4 Å². The number of carbonyl (C=O) groups excluding carboxylic acids is 2. The van der Waals surface area contributed by atoms with Gasteiger partial charge in [-0.1, -0.05) is 113 Å². The minimum atomic E-state index is -1.84. The van der Waals surface area contributed by atoms with E-state index in [0.29, 0.717) is 11.1 Å². The van der Waals surface area contributed by atoms with Crippen molar-refractivity contribution in [3.05, 3.63) is 47.5 Å². The molecule has 0 aliphatic rings. The van der Waals surface area contributed by atoms with Crippen LogP contribution in [0.25, 0.3) is 0 Å². The highest BCUT2D eigenvalue weighted by Gasteiger charge is 2.30. The molecule has 0 fully saturated rings. The molecule has 0 aromatic heterocycles. The Morgan fingerprint density at radius 1 is 0.500 bits per heavy atom. The lowest BCUT2D eigenvalue weighted by molar-refractivity contribution is -0.187. The Hall–Kier alpha value is -1.75. The third-order valence-corrected chi connectivity index (χ3v) is 14.2. The third-order valence-electron chi connectivity index (χ3n) is 6.02. The fourth-order valence-electron chi connectivity index (χ4n) is 3.78. The number of hydrogen-bond donors (Lipinski definition) is 0. The summed E-state index contributed by atoms with van der Waals surface area (Å²) in [4.78, 5) is 36.3. The standard InChI is InChI=1S/C26H42O4Si4/c1-31(2,3)19-13-15-21(23(17-19)33(7,8)9)25(27)29-30-26(28)22-16-14-20(32(4,5)6)18-24(22)34(10,11)12/h13-18H,1-12H3. The quantitative estimate of drug-likeness (QED) is 0.306. The van der Waals surface area contributed by atoms with E-state index in [4.69, 9.17) is 9.78 Å². The second-order valence-corrected chi connectivity index (χ2v) is 33.5. The van der Waals surface area contributed by atoms with Gasteiger partial charge in [0.25, 0.3) is 0 Å². The third kappa shape index (κ3) is 6.90. The van der Waals surface area contributed by atoms with E-state index in [1.807, 2.05) is 24.3 Å². The van der Waals surface area contributed by atoms with Crippen LogP contribution in [-0.2, 0) is 9.78 Å². The summed E-state index contributed by atoms with van der Waals surface area (Å²) in [6, 6.07) is 12.1. The van der Waals surface area contributed by atoms with Crippen molar-refractivity contribution in [3.8, 4) is 0 Å². The van der Waals surface area contributed by atoms with Crippen LogP contribution in [-0.4, -0.2) is 44.2 Å². The van der Waals surface area contributed by atoms with Gasteiger partial charge in [-0.15, -0.1) is 0 Å². The zero-order valence-corrected chi connectivity index (χ0v) is 27.1. The van der Waals surface area contributed by atoms with Gasteiger partial charge in [-0.05, 0) is 22.5 Å². The Balaban J connectivity index is 2.35. The predicted molar refractivity (Wildman–Crippen MR) is 156 cm³/mol. The van der Waals surface area contributed by atoms with Crippen LogP contribution in [0.15, 0.2) is 36.4 Å². The lowest BCUT2D eigenvalue weighted by Crippen LogP contribution is -2.48. The highest BCUT2D eigenvalue weighted by Crippen LogP contribution is 2.14. The Bertz CT molecular complexity index is 994. The van der Waals surface area contributed by atoms with Gasteiger partial charge in [-0.25, -0.2) is 19.4 Å². The van der Waals surface area contributed by atoms with E-state index in [1.165, 1.54) is 10.4 Å². The molecule has 0 bridgehead atoms. The summed E-state index contributed by atoms with van der Waals surface area (Å²) in [6.07, 6.45) is 0. The molecule has 34 heavy (non-hydrogen) atoms. The second kappa shape index (κ2) is 9.71. The van der Waals surface area contributed by atoms with Crippen LogP contribution in [0.4, 0.5) is 0 Å². The van der Waals surface area contributed by atoms with E-state index in [0.717, 1.165) is 10.4 Å². The van der Waals surface area contributed by atoms with Crippen molar-refractivity contribution in [3.63, 3.8) is 0 Å². The molecule has 0 aliphatic heterocycles. The maximum atomic E-state index is 13.0. The van der Waals surface area contributed by atoms with Crippen LogP contribution in [0.2, 0.25) is 78.6 Å². The molecular weight excluding hydrogens is 489 g/mol. The summed E-state index contributed by atoms with van der Waals surface area (Å²) in [5, 5.41) is 4.69. The first kappa shape index (κ1) is 28.5. The summed E-state index contributed by atoms with van der Waals surface area (Å²) in [5.74, 6) is -1.22. The van der Waals surface area contributed by atoms with Crippen LogP contribution in [0.1, 0.15) is 20.7 Å². The van der Waals surface area contributed by atoms with Crippen molar-refractivity contribution < 1.29 is 19.4 Å². The summed E-state index contributed by atoms with van der Waals surface area (Å²) >= 11 is 0. The zero-order chi connectivity index (χ0) is 26.3. The largest absolute Gasteiger partial charge is 0.386 e. The summed E-state index contributed by atoms with van der Waals surface area (Å²) in [6.45, 7) is 27.0. The number of benzene rings is 2. The van der Waals surface area contributed by atoms with Crippen molar-refractivity contribution in [2.75, 3.05) is 0 Å². The molecule has 0 aliphatic carbocycles. The first-order valence-electron chi connectivity index (χ1n) is 12.0. The molecule has 0 saturated carbocycles. The molecule has 2 aromatic carbocycles. The van der Waals surface area contributed by atoms with Crippen LogP contribution in [0.3, 0.4) is 0 Å². The average molecular weight is 531 g/mol. The molecule has 4 nitrogen and oxygen atoms in total. The van der Waals surface area contributed by atoms with E-state index < -0.39 is 44.2 Å². The molecule has 0 amide bonds. The maximum Gasteiger partial charge on any atom is 0.386 e. The van der Waals surface area contributed by atoms with E-state index >= 15 is 0 Å². The highest BCUT2D eigenvalue weighted by atomic mass is 28.3. The lowest BCUT2D eigenvalue weighted by Gasteiger charge is -2.25. The Kier molecular flexibility index (Phi) is 8.14. The van der Waals surface area contributed by atoms with Gasteiger partial charge >= 0.3 is 11.9 Å². The molecule has 0 saturated heterocycles. The summed E-state index contributed by atoms with van der Waals surface area (Å²) in [5.41, 5.74) is 0.988. The van der Waals surface area contributed by atoms with E-state index in [2.05, 4.69) is 90.7 Å². The molecule has 186 valence electrons. The predicted octanol–water partition coefficient (Wildman–Crippen LogP) is 4.80. The van der Waals surface area contributed by atoms with E-state index in [9.17, 15) is 9.59 Å². The molecule has 0 radical (unpaired) electrons. The lowest BCUT2D eigenvalue weighted by atomic mass is 10.2. The second-order valence-electron chi connectivity index (χ2n) is 13.3. The van der Waals surface area contributed by atoms with Crippen molar-refractivity contribution in [2.45, 2.75) is 78.6 Å². The van der Waals surface area contributed by atoms with Crippen molar-refractivity contribution in [2.24, 2.45) is 0 Å². The number of carbonyl (C=O) groups is 2.